The van der Waals surface area contributed by atoms with Crippen LogP contribution in [0.4, 0.5) is 0 Å². The van der Waals surface area contributed by atoms with Crippen LogP contribution in [0.15, 0.2) is 97.6 Å². The van der Waals surface area contributed by atoms with Gasteiger partial charge < -0.3 is 28.1 Å². The van der Waals surface area contributed by atoms with Gasteiger partial charge in [0.25, 0.3) is 5.56 Å². The first-order valence-corrected chi connectivity index (χ1v) is 14.3. The largest absolute Gasteiger partial charge is 0.496 e. The Morgan fingerprint density at radius 3 is 2.61 bits per heavy atom. The van der Waals surface area contributed by atoms with E-state index in [9.17, 15) is 4.79 Å². The number of methoxy groups -OCH3 is 2. The van der Waals surface area contributed by atoms with Gasteiger partial charge in [-0.15, -0.1) is 0 Å². The number of rotatable bonds is 8. The molecule has 6 aromatic rings. The number of furan rings is 1. The summed E-state index contributed by atoms with van der Waals surface area (Å²) >= 11 is 3.61. The van der Waals surface area contributed by atoms with Crippen LogP contribution in [0.25, 0.3) is 33.5 Å². The molecule has 0 unspecified atom stereocenters. The summed E-state index contributed by atoms with van der Waals surface area (Å²) in [6.45, 7) is 0.496. The molecule has 0 amide bonds. The Kier molecular flexibility index (Phi) is 7.15. The van der Waals surface area contributed by atoms with Crippen LogP contribution in [0.2, 0.25) is 0 Å². The molecule has 0 spiro atoms. The van der Waals surface area contributed by atoms with Crippen molar-refractivity contribution in [3.05, 3.63) is 105 Å². The second-order valence-electron chi connectivity index (χ2n) is 9.80. The molecule has 4 aromatic carbocycles. The summed E-state index contributed by atoms with van der Waals surface area (Å²) in [6.07, 6.45) is 1.55. The molecule has 44 heavy (non-hydrogen) atoms. The summed E-state index contributed by atoms with van der Waals surface area (Å²) in [6, 6.07) is 23.6. The van der Waals surface area contributed by atoms with Gasteiger partial charge in [-0.05, 0) is 76.1 Å². The van der Waals surface area contributed by atoms with E-state index in [2.05, 4.69) is 21.0 Å². The predicted octanol–water partition coefficient (Wildman–Crippen LogP) is 6.78. The predicted molar refractivity (Wildman–Crippen MR) is 168 cm³/mol. The van der Waals surface area contributed by atoms with Gasteiger partial charge in [0.15, 0.2) is 28.8 Å². The molecule has 220 valence electrons. The van der Waals surface area contributed by atoms with Gasteiger partial charge in [-0.2, -0.15) is 9.78 Å². The summed E-state index contributed by atoms with van der Waals surface area (Å²) in [4.78, 5) is 18.5. The van der Waals surface area contributed by atoms with Crippen molar-refractivity contribution in [2.75, 3.05) is 21.0 Å². The molecule has 0 bridgehead atoms. The third-order valence-corrected chi connectivity index (χ3v) is 7.83. The van der Waals surface area contributed by atoms with Crippen molar-refractivity contribution >= 4 is 44.0 Å². The normalized spacial score (nSPS) is 12.3. The van der Waals surface area contributed by atoms with Crippen molar-refractivity contribution in [3.8, 4) is 40.3 Å². The quantitative estimate of drug-likeness (QED) is 0.166. The average molecular weight is 654 g/mol. The molecule has 0 fully saturated rings. The van der Waals surface area contributed by atoms with Crippen LogP contribution in [0.5, 0.6) is 28.7 Å². The molecule has 1 aliphatic rings. The minimum atomic E-state index is -0.346. The van der Waals surface area contributed by atoms with Crippen molar-refractivity contribution in [2.45, 2.75) is 6.61 Å². The molecular weight excluding hydrogens is 630 g/mol. The standard InChI is InChI=1S/C33H24BrN3O7/c1-39-25-8-5-9-26-22(25)14-31(44-26)32-36-24-7-4-3-6-21(24)33(38)37(32)35-16-20-13-28(40-2)30(15-23(20)34)41-17-19-10-11-27-29(12-19)43-18-42-27/h3-16H,17-18H2,1-2H3. The van der Waals surface area contributed by atoms with Gasteiger partial charge >= 0.3 is 0 Å². The van der Waals surface area contributed by atoms with Gasteiger partial charge in [-0.1, -0.05) is 24.3 Å². The molecule has 0 N–H and O–H groups in total. The van der Waals surface area contributed by atoms with Crippen molar-refractivity contribution in [2.24, 2.45) is 5.10 Å². The summed E-state index contributed by atoms with van der Waals surface area (Å²) < 4.78 is 36.1. The zero-order valence-electron chi connectivity index (χ0n) is 23.6. The molecule has 2 aromatic heterocycles. The molecule has 3 heterocycles. The number of benzene rings is 4. The minimum absolute atomic E-state index is 0.208. The fourth-order valence-electron chi connectivity index (χ4n) is 4.95. The van der Waals surface area contributed by atoms with Crippen molar-refractivity contribution in [1.29, 1.82) is 0 Å². The fraction of sp³-hybridized carbons (Fsp3) is 0.121. The van der Waals surface area contributed by atoms with Crippen molar-refractivity contribution in [1.82, 2.24) is 9.66 Å². The Balaban J connectivity index is 1.25. The second-order valence-corrected chi connectivity index (χ2v) is 10.7. The molecule has 7 rings (SSSR count). The van der Waals surface area contributed by atoms with E-state index in [1.165, 1.54) is 4.68 Å². The van der Waals surface area contributed by atoms with Crippen LogP contribution in [-0.2, 0) is 6.61 Å². The van der Waals surface area contributed by atoms with Gasteiger partial charge in [0.1, 0.15) is 17.9 Å². The number of nitrogens with zero attached hydrogens (tertiary/aromatic N) is 3. The van der Waals surface area contributed by atoms with E-state index < -0.39 is 0 Å². The van der Waals surface area contributed by atoms with Crippen molar-refractivity contribution < 1.29 is 28.1 Å². The SMILES string of the molecule is COc1cc(C=Nn2c(-c3cc4c(OC)cccc4o3)nc3ccccc3c2=O)c(Br)cc1OCc1ccc2c(c1)OCO2. The van der Waals surface area contributed by atoms with E-state index in [0.29, 0.717) is 61.0 Å². The van der Waals surface area contributed by atoms with Gasteiger partial charge in [0, 0.05) is 10.0 Å². The maximum absolute atomic E-state index is 13.7. The number of hydrogen-bond acceptors (Lipinski definition) is 9. The highest BCUT2D eigenvalue weighted by atomic mass is 79.9. The molecule has 1 aliphatic heterocycles. The van der Waals surface area contributed by atoms with Gasteiger partial charge in [0.05, 0.1) is 36.7 Å². The molecule has 10 nitrogen and oxygen atoms in total. The molecule has 0 saturated carbocycles. The molecule has 0 radical (unpaired) electrons. The fourth-order valence-corrected chi connectivity index (χ4v) is 5.37. The average Bonchev–Trinajstić information content (AvgIpc) is 3.71. The topological polar surface area (TPSA) is 107 Å². The zero-order valence-corrected chi connectivity index (χ0v) is 25.2. The maximum atomic E-state index is 13.7. The summed E-state index contributed by atoms with van der Waals surface area (Å²) in [5.41, 5.74) is 2.34. The third-order valence-electron chi connectivity index (χ3n) is 7.14. The smallest absolute Gasteiger partial charge is 0.282 e. The van der Waals surface area contributed by atoms with Crippen LogP contribution < -0.4 is 29.2 Å². The lowest BCUT2D eigenvalue weighted by molar-refractivity contribution is 0.174. The summed E-state index contributed by atoms with van der Waals surface area (Å²) in [5, 5.41) is 5.76. The van der Waals surface area contributed by atoms with Crippen LogP contribution in [-0.4, -0.2) is 36.9 Å². The molecule has 0 saturated heterocycles. The first-order valence-electron chi connectivity index (χ1n) is 13.5. The van der Waals surface area contributed by atoms with E-state index >= 15 is 0 Å². The van der Waals surface area contributed by atoms with Crippen LogP contribution in [0.1, 0.15) is 11.1 Å². The summed E-state index contributed by atoms with van der Waals surface area (Å²) in [7, 11) is 3.15. The number of ether oxygens (including phenoxy) is 5. The highest BCUT2D eigenvalue weighted by Crippen LogP contribution is 2.36. The van der Waals surface area contributed by atoms with E-state index in [-0.39, 0.29) is 24.8 Å². The zero-order chi connectivity index (χ0) is 30.2. The van der Waals surface area contributed by atoms with Gasteiger partial charge in [-0.3, -0.25) is 4.79 Å². The van der Waals surface area contributed by atoms with Gasteiger partial charge in [-0.25, -0.2) is 4.98 Å². The Morgan fingerprint density at radius 1 is 0.909 bits per heavy atom. The monoisotopic (exact) mass is 653 g/mol. The van der Waals surface area contributed by atoms with Crippen LogP contribution in [0.3, 0.4) is 0 Å². The van der Waals surface area contributed by atoms with Crippen LogP contribution in [0, 0.1) is 0 Å². The Labute approximate surface area is 259 Å². The number of hydrogen-bond donors (Lipinski definition) is 0. The number of para-hydroxylation sites is 1. The molecular formula is C33H24BrN3O7. The van der Waals surface area contributed by atoms with E-state index in [4.69, 9.17) is 33.1 Å². The molecule has 0 aliphatic carbocycles. The first kappa shape index (κ1) is 27.5. The number of aromatic nitrogens is 2. The Hall–Kier alpha value is -5.29. The highest BCUT2D eigenvalue weighted by molar-refractivity contribution is 9.10. The first-order chi connectivity index (χ1) is 21.5. The number of halogens is 1. The second kappa shape index (κ2) is 11.4. The van der Waals surface area contributed by atoms with E-state index in [0.717, 1.165) is 10.9 Å². The Bertz CT molecular complexity index is 2140. The van der Waals surface area contributed by atoms with Crippen LogP contribution >= 0.6 is 15.9 Å². The van der Waals surface area contributed by atoms with E-state index in [1.807, 2.05) is 42.5 Å². The highest BCUT2D eigenvalue weighted by Gasteiger charge is 2.19. The third kappa shape index (κ3) is 5.01. The minimum Gasteiger partial charge on any atom is -0.496 e. The molecule has 11 heteroatoms. The lowest BCUT2D eigenvalue weighted by Gasteiger charge is -2.13. The van der Waals surface area contributed by atoms with Gasteiger partial charge in [0.2, 0.25) is 12.6 Å². The maximum Gasteiger partial charge on any atom is 0.282 e. The Morgan fingerprint density at radius 2 is 1.75 bits per heavy atom. The van der Waals surface area contributed by atoms with Crippen molar-refractivity contribution in [3.63, 3.8) is 0 Å². The van der Waals surface area contributed by atoms with E-state index in [1.54, 1.807) is 56.8 Å². The molecule has 0 atom stereocenters. The number of fused-ring (bicyclic) bond motifs is 3. The lowest BCUT2D eigenvalue weighted by atomic mass is 10.2. The summed E-state index contributed by atoms with van der Waals surface area (Å²) in [5.74, 6) is 3.67. The lowest BCUT2D eigenvalue weighted by Crippen LogP contribution is -2.20.